The van der Waals surface area contributed by atoms with Gasteiger partial charge in [-0.25, -0.2) is 15.0 Å². The molecular weight excluding hydrogens is 653 g/mol. The topological polar surface area (TPSA) is 51.8 Å². The predicted octanol–water partition coefficient (Wildman–Crippen LogP) is 5.74. The maximum absolute atomic E-state index is 6.63. The van der Waals surface area contributed by atoms with Crippen LogP contribution in [-0.2, 0) is 0 Å². The molecule has 0 amide bonds. The van der Waals surface area contributed by atoms with Crippen molar-refractivity contribution < 1.29 is 4.42 Å². The number of rotatable bonds is 6. The second-order valence-electron chi connectivity index (χ2n) is 13.1. The normalized spacial score (nSPS) is 11.3. The third kappa shape index (κ3) is 5.77. The van der Waals surface area contributed by atoms with Crippen LogP contribution in [0.2, 0.25) is 0 Å². The minimum atomic E-state index is 0.112. The summed E-state index contributed by atoms with van der Waals surface area (Å²) in [5.41, 5.74) is 10.5. The lowest BCUT2D eigenvalue weighted by Gasteiger charge is -2.20. The first kappa shape index (κ1) is 33.5. The highest BCUT2D eigenvalue weighted by molar-refractivity contribution is 6.68. The summed E-state index contributed by atoms with van der Waals surface area (Å²) in [5, 5.41) is 1.90. The third-order valence-electron chi connectivity index (χ3n) is 9.88. The summed E-state index contributed by atoms with van der Waals surface area (Å²) in [6.07, 6.45) is 0. The standard InChI is InChI=1S/C45H24B5N3O/c46-37-36(38(47)40(49)41(50)39(37)48)45-52-43(30-11-5-2-6-12-30)51-44(53-45)33-15-7-14-32-35-31(13-8-16-34(35)54-42(32)33)29-23-21-28(22-24-29)27-19-17-26(18-20-27)25-9-3-1-4-10-25/h1-24H. The van der Waals surface area contributed by atoms with Crippen LogP contribution < -0.4 is 27.3 Å². The van der Waals surface area contributed by atoms with E-state index in [0.717, 1.165) is 44.2 Å². The van der Waals surface area contributed by atoms with Gasteiger partial charge in [-0.15, -0.1) is 16.4 Å². The molecule has 0 atom stereocenters. The Kier molecular flexibility index (Phi) is 8.43. The van der Waals surface area contributed by atoms with Crippen LogP contribution in [0, 0.1) is 0 Å². The van der Waals surface area contributed by atoms with E-state index in [1.807, 2.05) is 66.7 Å². The lowest BCUT2D eigenvalue weighted by molar-refractivity contribution is 0.669. The SMILES string of the molecule is [B]c1c([B])c([B])c(-c2nc(-c3ccccc3)nc(-c3cccc4c3oc3cccc(-c5ccc(-c6ccc(-c7ccccc7)cc6)cc5)c34)n2)c([B])c1[B]. The van der Waals surface area contributed by atoms with Crippen molar-refractivity contribution in [3.05, 3.63) is 146 Å². The average Bonchev–Trinajstić information content (AvgIpc) is 3.62. The summed E-state index contributed by atoms with van der Waals surface area (Å²) in [6, 6.07) is 49.3. The smallest absolute Gasteiger partial charge is 0.167 e. The molecule has 0 spiro atoms. The van der Waals surface area contributed by atoms with Gasteiger partial charge in [0.1, 0.15) is 50.4 Å². The zero-order valence-electron chi connectivity index (χ0n) is 29.0. The van der Waals surface area contributed by atoms with Crippen LogP contribution >= 0.6 is 0 Å². The van der Waals surface area contributed by atoms with Gasteiger partial charge in [-0.3, -0.25) is 0 Å². The van der Waals surface area contributed by atoms with Crippen molar-refractivity contribution in [2.75, 3.05) is 0 Å². The van der Waals surface area contributed by atoms with Crippen molar-refractivity contribution in [3.8, 4) is 67.5 Å². The number of hydrogen-bond donors (Lipinski definition) is 0. The maximum Gasteiger partial charge on any atom is 0.167 e. The molecule has 240 valence electrons. The highest BCUT2D eigenvalue weighted by Crippen LogP contribution is 2.40. The molecular formula is C45H24B5N3O. The molecule has 9 heteroatoms. The Labute approximate surface area is 319 Å². The molecule has 0 saturated heterocycles. The number of fused-ring (bicyclic) bond motifs is 3. The number of para-hydroxylation sites is 1. The Morgan fingerprint density at radius 1 is 0.352 bits per heavy atom. The lowest BCUT2D eigenvalue weighted by Crippen LogP contribution is -2.55. The summed E-state index contributed by atoms with van der Waals surface area (Å²) in [4.78, 5) is 14.6. The Balaban J connectivity index is 1.16. The summed E-state index contributed by atoms with van der Waals surface area (Å²) in [5.74, 6) is 0.975. The van der Waals surface area contributed by atoms with Gasteiger partial charge in [0, 0.05) is 21.9 Å². The first-order valence-electron chi connectivity index (χ1n) is 17.4. The van der Waals surface area contributed by atoms with E-state index in [2.05, 4.69) is 78.9 Å². The first-order chi connectivity index (χ1) is 26.4. The fourth-order valence-electron chi connectivity index (χ4n) is 7.01. The number of hydrogen-bond acceptors (Lipinski definition) is 4. The van der Waals surface area contributed by atoms with E-state index < -0.39 is 0 Å². The van der Waals surface area contributed by atoms with Crippen LogP contribution in [0.5, 0.6) is 0 Å². The predicted molar refractivity (Wildman–Crippen MR) is 227 cm³/mol. The Hall–Kier alpha value is -6.33. The van der Waals surface area contributed by atoms with Crippen molar-refractivity contribution in [3.63, 3.8) is 0 Å². The van der Waals surface area contributed by atoms with Crippen molar-refractivity contribution in [2.24, 2.45) is 0 Å². The zero-order chi connectivity index (χ0) is 36.9. The van der Waals surface area contributed by atoms with Crippen molar-refractivity contribution in [1.29, 1.82) is 0 Å². The average molecular weight is 677 g/mol. The molecule has 0 aliphatic rings. The second-order valence-corrected chi connectivity index (χ2v) is 13.1. The van der Waals surface area contributed by atoms with E-state index in [1.165, 1.54) is 11.1 Å². The Morgan fingerprint density at radius 3 is 1.43 bits per heavy atom. The Bertz CT molecular complexity index is 2830. The summed E-state index contributed by atoms with van der Waals surface area (Å²) < 4.78 is 6.63. The molecule has 0 unspecified atom stereocenters. The molecule has 0 aliphatic heterocycles. The van der Waals surface area contributed by atoms with Gasteiger partial charge < -0.3 is 4.42 Å². The molecule has 0 fully saturated rings. The van der Waals surface area contributed by atoms with Crippen LogP contribution in [0.4, 0.5) is 0 Å². The molecule has 0 aliphatic carbocycles. The van der Waals surface area contributed by atoms with Gasteiger partial charge in [-0.05, 0) is 45.5 Å². The molecule has 2 aromatic heterocycles. The quantitative estimate of drug-likeness (QED) is 0.211. The number of aromatic nitrogens is 3. The van der Waals surface area contributed by atoms with E-state index in [1.54, 1.807) is 0 Å². The van der Waals surface area contributed by atoms with E-state index in [0.29, 0.717) is 22.8 Å². The zero-order valence-corrected chi connectivity index (χ0v) is 29.0. The third-order valence-corrected chi connectivity index (χ3v) is 9.88. The molecule has 9 rings (SSSR count). The molecule has 2 heterocycles. The molecule has 4 nitrogen and oxygen atoms in total. The van der Waals surface area contributed by atoms with Gasteiger partial charge in [-0.1, -0.05) is 144 Å². The van der Waals surface area contributed by atoms with Gasteiger partial charge in [0.15, 0.2) is 17.5 Å². The number of benzene rings is 7. The van der Waals surface area contributed by atoms with Gasteiger partial charge >= 0.3 is 0 Å². The van der Waals surface area contributed by atoms with Crippen molar-refractivity contribution >= 4 is 88.5 Å². The van der Waals surface area contributed by atoms with Gasteiger partial charge in [0.2, 0.25) is 0 Å². The summed E-state index contributed by atoms with van der Waals surface area (Å²) in [6.45, 7) is 0. The molecule has 0 N–H and O–H groups in total. The van der Waals surface area contributed by atoms with Crippen LogP contribution in [-0.4, -0.2) is 54.2 Å². The van der Waals surface area contributed by atoms with Crippen LogP contribution in [0.15, 0.2) is 150 Å². The Morgan fingerprint density at radius 2 is 0.815 bits per heavy atom. The van der Waals surface area contributed by atoms with Crippen LogP contribution in [0.1, 0.15) is 0 Å². The molecule has 54 heavy (non-hydrogen) atoms. The van der Waals surface area contributed by atoms with Crippen LogP contribution in [0.3, 0.4) is 0 Å². The minimum absolute atomic E-state index is 0.112. The highest BCUT2D eigenvalue weighted by atomic mass is 16.3. The molecule has 9 aromatic rings. The van der Waals surface area contributed by atoms with Crippen molar-refractivity contribution in [1.82, 2.24) is 15.0 Å². The monoisotopic (exact) mass is 677 g/mol. The van der Waals surface area contributed by atoms with E-state index in [9.17, 15) is 0 Å². The van der Waals surface area contributed by atoms with Gasteiger partial charge in [0.05, 0.1) is 5.56 Å². The number of nitrogens with zero attached hydrogens (tertiary/aromatic N) is 3. The van der Waals surface area contributed by atoms with E-state index in [4.69, 9.17) is 58.6 Å². The largest absolute Gasteiger partial charge is 0.455 e. The molecule has 0 bridgehead atoms. The summed E-state index contributed by atoms with van der Waals surface area (Å²) >= 11 is 0. The molecule has 10 radical (unpaired) electrons. The highest BCUT2D eigenvalue weighted by Gasteiger charge is 2.21. The lowest BCUT2D eigenvalue weighted by atomic mass is 9.60. The summed E-state index contributed by atoms with van der Waals surface area (Å²) in [7, 11) is 31.6. The van der Waals surface area contributed by atoms with E-state index in [-0.39, 0.29) is 38.7 Å². The number of furan rings is 1. The second kappa shape index (κ2) is 13.6. The minimum Gasteiger partial charge on any atom is -0.455 e. The fourth-order valence-corrected chi connectivity index (χ4v) is 7.01. The molecule has 7 aromatic carbocycles. The van der Waals surface area contributed by atoms with E-state index >= 15 is 0 Å². The van der Waals surface area contributed by atoms with Gasteiger partial charge in [0.25, 0.3) is 0 Å². The molecule has 0 saturated carbocycles. The van der Waals surface area contributed by atoms with Crippen LogP contribution in [0.25, 0.3) is 89.5 Å². The first-order valence-corrected chi connectivity index (χ1v) is 17.4. The maximum atomic E-state index is 6.63. The van der Waals surface area contributed by atoms with Gasteiger partial charge in [-0.2, -0.15) is 0 Å². The van der Waals surface area contributed by atoms with Crippen molar-refractivity contribution in [2.45, 2.75) is 0 Å². The fraction of sp³-hybridized carbons (Fsp3) is 0.